The van der Waals surface area contributed by atoms with Gasteiger partial charge < -0.3 is 14.4 Å². The molecule has 1 fully saturated rings. The number of aromatic nitrogens is 2. The summed E-state index contributed by atoms with van der Waals surface area (Å²) in [6, 6.07) is 21.6. The van der Waals surface area contributed by atoms with E-state index in [0.29, 0.717) is 23.9 Å². The highest BCUT2D eigenvalue weighted by Crippen LogP contribution is 2.39. The standard InChI is InChI=1S/C26H25N3O3S/c1-28-26(32-22-12-7-6-11-21(22)31-2)20(24(27-28)18-9-4-3-5-10-18)17-29(19-14-15-19)25(30)23-13-8-16-33-23/h3-13,16,19H,14-15,17H2,1-2H3. The Kier molecular flexibility index (Phi) is 5.88. The summed E-state index contributed by atoms with van der Waals surface area (Å²) in [6.45, 7) is 0.421. The van der Waals surface area contributed by atoms with Crippen LogP contribution in [0.4, 0.5) is 0 Å². The Labute approximate surface area is 197 Å². The second-order valence-corrected chi connectivity index (χ2v) is 8.96. The molecule has 0 spiro atoms. The van der Waals surface area contributed by atoms with Crippen LogP contribution in [0.15, 0.2) is 72.1 Å². The fourth-order valence-corrected chi connectivity index (χ4v) is 4.60. The summed E-state index contributed by atoms with van der Waals surface area (Å²) in [7, 11) is 3.49. The molecule has 0 atom stereocenters. The molecule has 0 aliphatic heterocycles. The Morgan fingerprint density at radius 3 is 2.45 bits per heavy atom. The second kappa shape index (κ2) is 9.11. The minimum Gasteiger partial charge on any atom is -0.493 e. The highest BCUT2D eigenvalue weighted by molar-refractivity contribution is 7.12. The number of thiophene rings is 1. The molecule has 168 valence electrons. The Morgan fingerprint density at radius 1 is 1.06 bits per heavy atom. The van der Waals surface area contributed by atoms with Gasteiger partial charge in [0.1, 0.15) is 5.69 Å². The normalized spacial score (nSPS) is 13.0. The smallest absolute Gasteiger partial charge is 0.264 e. The van der Waals surface area contributed by atoms with Gasteiger partial charge in [0.2, 0.25) is 5.88 Å². The first-order chi connectivity index (χ1) is 16.2. The topological polar surface area (TPSA) is 56.6 Å². The third-order valence-electron chi connectivity index (χ3n) is 5.72. The quantitative estimate of drug-likeness (QED) is 0.336. The zero-order valence-corrected chi connectivity index (χ0v) is 19.4. The maximum Gasteiger partial charge on any atom is 0.264 e. The highest BCUT2D eigenvalue weighted by atomic mass is 32.1. The van der Waals surface area contributed by atoms with Crippen LogP contribution in [0.5, 0.6) is 17.4 Å². The Hall–Kier alpha value is -3.58. The van der Waals surface area contributed by atoms with Gasteiger partial charge >= 0.3 is 0 Å². The van der Waals surface area contributed by atoms with E-state index in [0.717, 1.165) is 34.5 Å². The van der Waals surface area contributed by atoms with Crippen LogP contribution in [-0.4, -0.2) is 33.7 Å². The van der Waals surface area contributed by atoms with E-state index < -0.39 is 0 Å². The number of hydrogen-bond acceptors (Lipinski definition) is 5. The van der Waals surface area contributed by atoms with E-state index in [9.17, 15) is 4.79 Å². The van der Waals surface area contributed by atoms with Crippen LogP contribution in [0.3, 0.4) is 0 Å². The molecule has 1 saturated carbocycles. The van der Waals surface area contributed by atoms with Crippen LogP contribution in [0.2, 0.25) is 0 Å². The van der Waals surface area contributed by atoms with Crippen molar-refractivity contribution in [2.45, 2.75) is 25.4 Å². The average Bonchev–Trinajstić information content (AvgIpc) is 3.44. The predicted octanol–water partition coefficient (Wildman–Crippen LogP) is 5.75. The lowest BCUT2D eigenvalue weighted by Crippen LogP contribution is -2.32. The minimum atomic E-state index is 0.0543. The number of methoxy groups -OCH3 is 1. The van der Waals surface area contributed by atoms with Crippen molar-refractivity contribution in [1.82, 2.24) is 14.7 Å². The van der Waals surface area contributed by atoms with Crippen molar-refractivity contribution in [3.05, 3.63) is 82.6 Å². The highest BCUT2D eigenvalue weighted by Gasteiger charge is 2.35. The van der Waals surface area contributed by atoms with Gasteiger partial charge in [0.25, 0.3) is 5.91 Å². The molecule has 1 aliphatic rings. The Morgan fingerprint density at radius 2 is 1.79 bits per heavy atom. The van der Waals surface area contributed by atoms with Gasteiger partial charge in [-0.1, -0.05) is 48.5 Å². The third kappa shape index (κ3) is 4.36. The van der Waals surface area contributed by atoms with Crippen LogP contribution in [0.25, 0.3) is 11.3 Å². The molecule has 0 bridgehead atoms. The van der Waals surface area contributed by atoms with E-state index in [1.807, 2.05) is 84.1 Å². The van der Waals surface area contributed by atoms with Crippen LogP contribution < -0.4 is 9.47 Å². The van der Waals surface area contributed by atoms with Gasteiger partial charge in [0.15, 0.2) is 11.5 Å². The summed E-state index contributed by atoms with van der Waals surface area (Å²) in [5.74, 6) is 1.90. The van der Waals surface area contributed by atoms with Crippen molar-refractivity contribution in [2.24, 2.45) is 7.05 Å². The first-order valence-corrected chi connectivity index (χ1v) is 11.8. The van der Waals surface area contributed by atoms with Gasteiger partial charge in [-0.25, -0.2) is 4.68 Å². The number of rotatable bonds is 8. The van der Waals surface area contributed by atoms with E-state index in [1.165, 1.54) is 11.3 Å². The van der Waals surface area contributed by atoms with Crippen molar-refractivity contribution in [3.63, 3.8) is 0 Å². The molecule has 33 heavy (non-hydrogen) atoms. The zero-order valence-electron chi connectivity index (χ0n) is 18.6. The Bertz CT molecular complexity index is 1250. The predicted molar refractivity (Wildman–Crippen MR) is 129 cm³/mol. The Balaban J connectivity index is 1.58. The average molecular weight is 460 g/mol. The van der Waals surface area contributed by atoms with Crippen molar-refractivity contribution < 1.29 is 14.3 Å². The van der Waals surface area contributed by atoms with Crippen molar-refractivity contribution in [1.29, 1.82) is 0 Å². The molecule has 2 aromatic heterocycles. The number of hydrogen-bond donors (Lipinski definition) is 0. The summed E-state index contributed by atoms with van der Waals surface area (Å²) in [5.41, 5.74) is 2.68. The van der Waals surface area contributed by atoms with E-state index in [2.05, 4.69) is 0 Å². The fraction of sp³-hybridized carbons (Fsp3) is 0.231. The summed E-state index contributed by atoms with van der Waals surface area (Å²) in [5, 5.41) is 6.74. The van der Waals surface area contributed by atoms with Gasteiger partial charge in [-0.15, -0.1) is 11.3 Å². The first kappa shape index (κ1) is 21.3. The molecule has 4 aromatic rings. The molecule has 0 saturated heterocycles. The van der Waals surface area contributed by atoms with E-state index in [1.54, 1.807) is 11.8 Å². The number of amides is 1. The van der Waals surface area contributed by atoms with Gasteiger partial charge in [0.05, 0.1) is 24.1 Å². The molecule has 5 rings (SSSR count). The number of carbonyl (C=O) groups is 1. The van der Waals surface area contributed by atoms with Gasteiger partial charge in [0, 0.05) is 18.7 Å². The number of carbonyl (C=O) groups excluding carboxylic acids is 1. The van der Waals surface area contributed by atoms with Crippen LogP contribution >= 0.6 is 11.3 Å². The van der Waals surface area contributed by atoms with E-state index in [-0.39, 0.29) is 11.9 Å². The van der Waals surface area contributed by atoms with Crippen molar-refractivity contribution in [3.8, 4) is 28.6 Å². The lowest BCUT2D eigenvalue weighted by molar-refractivity contribution is 0.0734. The molecule has 0 N–H and O–H groups in total. The zero-order chi connectivity index (χ0) is 22.8. The summed E-state index contributed by atoms with van der Waals surface area (Å²) >= 11 is 1.47. The SMILES string of the molecule is COc1ccccc1Oc1c(CN(C(=O)c2cccs2)C2CC2)c(-c2ccccc2)nn1C. The number of ether oxygens (including phenoxy) is 2. The fourth-order valence-electron chi connectivity index (χ4n) is 3.92. The lowest BCUT2D eigenvalue weighted by Gasteiger charge is -2.23. The molecular formula is C26H25N3O3S. The van der Waals surface area contributed by atoms with Crippen LogP contribution in [0.1, 0.15) is 28.1 Å². The second-order valence-electron chi connectivity index (χ2n) is 8.02. The molecule has 1 aliphatic carbocycles. The molecule has 0 radical (unpaired) electrons. The van der Waals surface area contributed by atoms with Crippen molar-refractivity contribution in [2.75, 3.05) is 7.11 Å². The number of para-hydroxylation sites is 2. The minimum absolute atomic E-state index is 0.0543. The molecule has 2 aromatic carbocycles. The van der Waals surface area contributed by atoms with Gasteiger partial charge in [-0.05, 0) is 36.4 Å². The molecule has 1 amide bonds. The third-order valence-corrected chi connectivity index (χ3v) is 6.58. The maximum absolute atomic E-state index is 13.4. The first-order valence-electron chi connectivity index (χ1n) is 10.9. The van der Waals surface area contributed by atoms with Gasteiger partial charge in [-0.2, -0.15) is 5.10 Å². The summed E-state index contributed by atoms with van der Waals surface area (Å²) in [4.78, 5) is 16.1. The largest absolute Gasteiger partial charge is 0.493 e. The molecule has 7 heteroatoms. The van der Waals surface area contributed by atoms with Crippen LogP contribution in [-0.2, 0) is 13.6 Å². The molecule has 2 heterocycles. The summed E-state index contributed by atoms with van der Waals surface area (Å²) < 4.78 is 13.6. The molecule has 6 nitrogen and oxygen atoms in total. The lowest BCUT2D eigenvalue weighted by atomic mass is 10.1. The molecular weight excluding hydrogens is 434 g/mol. The van der Waals surface area contributed by atoms with E-state index in [4.69, 9.17) is 14.6 Å². The molecule has 0 unspecified atom stereocenters. The monoisotopic (exact) mass is 459 g/mol. The van der Waals surface area contributed by atoms with E-state index >= 15 is 0 Å². The van der Waals surface area contributed by atoms with Gasteiger partial charge in [-0.3, -0.25) is 4.79 Å². The number of aryl methyl sites for hydroxylation is 1. The van der Waals surface area contributed by atoms with Crippen LogP contribution in [0, 0.1) is 0 Å². The maximum atomic E-state index is 13.4. The number of benzene rings is 2. The van der Waals surface area contributed by atoms with Crippen molar-refractivity contribution >= 4 is 17.2 Å². The number of nitrogens with zero attached hydrogens (tertiary/aromatic N) is 3. The summed E-state index contributed by atoms with van der Waals surface area (Å²) in [6.07, 6.45) is 2.03.